The zero-order valence-corrected chi connectivity index (χ0v) is 15.5. The number of carbonyl (C=O) groups excluding carboxylic acids is 1. The van der Waals surface area contributed by atoms with E-state index in [9.17, 15) is 14.9 Å². The highest BCUT2D eigenvalue weighted by Crippen LogP contribution is 2.17. The van der Waals surface area contributed by atoms with Crippen LogP contribution in [0.2, 0.25) is 0 Å². The number of aromatic amines is 1. The van der Waals surface area contributed by atoms with E-state index in [0.717, 1.165) is 11.1 Å². The zero-order valence-electron chi connectivity index (χ0n) is 14.7. The van der Waals surface area contributed by atoms with E-state index in [1.807, 2.05) is 26.0 Å². The van der Waals surface area contributed by atoms with Gasteiger partial charge in [-0.05, 0) is 61.5 Å². The standard InChI is InChI=1S/C18H17N5O3S/c1-11-3-4-13(9-12(11)2)17(24)19-10-16-20-21-18(27)22(16)14-5-7-15(8-6-14)23(25)26/h3-9H,10H2,1-2H3,(H,19,24)(H,21,27). The van der Waals surface area contributed by atoms with Crippen molar-refractivity contribution in [3.05, 3.63) is 79.9 Å². The van der Waals surface area contributed by atoms with Crippen molar-refractivity contribution in [1.29, 1.82) is 0 Å². The number of nitrogens with zero attached hydrogens (tertiary/aromatic N) is 3. The van der Waals surface area contributed by atoms with E-state index in [4.69, 9.17) is 12.2 Å². The summed E-state index contributed by atoms with van der Waals surface area (Å²) in [6.07, 6.45) is 0. The molecule has 2 aromatic carbocycles. The molecule has 0 atom stereocenters. The first-order chi connectivity index (χ1) is 12.9. The van der Waals surface area contributed by atoms with Crippen molar-refractivity contribution < 1.29 is 9.72 Å². The fourth-order valence-electron chi connectivity index (χ4n) is 2.58. The van der Waals surface area contributed by atoms with Gasteiger partial charge in [0.05, 0.1) is 17.2 Å². The molecule has 0 spiro atoms. The predicted molar refractivity (Wildman–Crippen MR) is 102 cm³/mol. The second-order valence-electron chi connectivity index (χ2n) is 6.04. The van der Waals surface area contributed by atoms with Gasteiger partial charge in [0.25, 0.3) is 11.6 Å². The van der Waals surface area contributed by atoms with E-state index in [0.29, 0.717) is 21.8 Å². The molecule has 138 valence electrons. The molecule has 0 radical (unpaired) electrons. The number of aromatic nitrogens is 3. The van der Waals surface area contributed by atoms with E-state index < -0.39 is 4.92 Å². The Hall–Kier alpha value is -3.33. The van der Waals surface area contributed by atoms with E-state index in [2.05, 4.69) is 15.5 Å². The summed E-state index contributed by atoms with van der Waals surface area (Å²) in [6.45, 7) is 4.08. The van der Waals surface area contributed by atoms with Crippen molar-refractivity contribution in [3.8, 4) is 5.69 Å². The lowest BCUT2D eigenvalue weighted by Crippen LogP contribution is -2.24. The van der Waals surface area contributed by atoms with Crippen molar-refractivity contribution in [2.24, 2.45) is 0 Å². The Morgan fingerprint density at radius 3 is 2.56 bits per heavy atom. The van der Waals surface area contributed by atoms with E-state index in [1.54, 1.807) is 22.8 Å². The van der Waals surface area contributed by atoms with Crippen LogP contribution in [0, 0.1) is 28.7 Å². The second-order valence-corrected chi connectivity index (χ2v) is 6.42. The summed E-state index contributed by atoms with van der Waals surface area (Å²) >= 11 is 5.24. The van der Waals surface area contributed by atoms with Crippen LogP contribution in [0.25, 0.3) is 5.69 Å². The molecule has 8 nitrogen and oxygen atoms in total. The first-order valence-electron chi connectivity index (χ1n) is 8.13. The number of amides is 1. The maximum absolute atomic E-state index is 12.4. The Morgan fingerprint density at radius 1 is 1.22 bits per heavy atom. The molecule has 9 heteroatoms. The van der Waals surface area contributed by atoms with E-state index in [1.165, 1.54) is 12.1 Å². The lowest BCUT2D eigenvalue weighted by molar-refractivity contribution is -0.384. The summed E-state index contributed by atoms with van der Waals surface area (Å²) in [4.78, 5) is 22.7. The molecule has 0 saturated heterocycles. The van der Waals surface area contributed by atoms with Crippen molar-refractivity contribution in [1.82, 2.24) is 20.1 Å². The van der Waals surface area contributed by atoms with Crippen LogP contribution in [0.1, 0.15) is 27.3 Å². The molecular weight excluding hydrogens is 366 g/mol. The molecule has 0 saturated carbocycles. The molecule has 0 aliphatic rings. The maximum atomic E-state index is 12.4. The highest BCUT2D eigenvalue weighted by molar-refractivity contribution is 7.71. The smallest absolute Gasteiger partial charge is 0.269 e. The number of rotatable bonds is 5. The van der Waals surface area contributed by atoms with Gasteiger partial charge in [0.15, 0.2) is 10.6 Å². The fourth-order valence-corrected chi connectivity index (χ4v) is 2.84. The summed E-state index contributed by atoms with van der Waals surface area (Å²) in [5.74, 6) is 0.272. The minimum Gasteiger partial charge on any atom is -0.345 e. The van der Waals surface area contributed by atoms with E-state index in [-0.39, 0.29) is 18.1 Å². The number of nitro benzene ring substituents is 1. The molecule has 0 unspecified atom stereocenters. The molecule has 3 aromatic rings. The third-order valence-electron chi connectivity index (χ3n) is 4.24. The molecule has 0 aliphatic heterocycles. The van der Waals surface area contributed by atoms with Crippen LogP contribution in [-0.4, -0.2) is 25.6 Å². The highest BCUT2D eigenvalue weighted by Gasteiger charge is 2.13. The first-order valence-corrected chi connectivity index (χ1v) is 8.54. The second kappa shape index (κ2) is 7.50. The number of nitro groups is 1. The number of H-pyrrole nitrogens is 1. The predicted octanol–water partition coefficient (Wildman–Crippen LogP) is 3.38. The molecule has 3 rings (SSSR count). The summed E-state index contributed by atoms with van der Waals surface area (Å²) in [5, 5.41) is 20.4. The molecule has 0 aliphatic carbocycles. The molecule has 2 N–H and O–H groups in total. The van der Waals surface area contributed by atoms with Crippen LogP contribution in [0.3, 0.4) is 0 Å². The quantitative estimate of drug-likeness (QED) is 0.399. The minimum absolute atomic E-state index is 0.0154. The third kappa shape index (κ3) is 3.93. The third-order valence-corrected chi connectivity index (χ3v) is 4.51. The Balaban J connectivity index is 1.80. The molecule has 1 aromatic heterocycles. The number of hydrogen-bond donors (Lipinski definition) is 2. The van der Waals surface area contributed by atoms with Crippen molar-refractivity contribution in [3.63, 3.8) is 0 Å². The summed E-state index contributed by atoms with van der Waals surface area (Å²) in [7, 11) is 0. The van der Waals surface area contributed by atoms with Gasteiger partial charge in [-0.25, -0.2) is 0 Å². The van der Waals surface area contributed by atoms with Gasteiger partial charge in [0.2, 0.25) is 0 Å². The molecule has 1 amide bonds. The van der Waals surface area contributed by atoms with Gasteiger partial charge in [-0.3, -0.25) is 24.6 Å². The Morgan fingerprint density at radius 2 is 1.93 bits per heavy atom. The maximum Gasteiger partial charge on any atom is 0.269 e. The number of nitrogens with one attached hydrogen (secondary N) is 2. The van der Waals surface area contributed by atoms with Crippen molar-refractivity contribution >= 4 is 23.8 Å². The van der Waals surface area contributed by atoms with E-state index >= 15 is 0 Å². The number of benzene rings is 2. The van der Waals surface area contributed by atoms with Gasteiger partial charge < -0.3 is 5.32 Å². The van der Waals surface area contributed by atoms with Gasteiger partial charge in [0.1, 0.15) is 0 Å². The minimum atomic E-state index is -0.469. The number of hydrogen-bond acceptors (Lipinski definition) is 5. The number of non-ortho nitro benzene ring substituents is 1. The average Bonchev–Trinajstić information content (AvgIpc) is 3.02. The Bertz CT molecular complexity index is 1070. The van der Waals surface area contributed by atoms with Gasteiger partial charge in [-0.1, -0.05) is 6.07 Å². The van der Waals surface area contributed by atoms with Gasteiger partial charge >= 0.3 is 0 Å². The zero-order chi connectivity index (χ0) is 19.6. The Labute approximate surface area is 160 Å². The first kappa shape index (κ1) is 18.5. The molecule has 0 fully saturated rings. The highest BCUT2D eigenvalue weighted by atomic mass is 32.1. The molecular formula is C18H17N5O3S. The van der Waals surface area contributed by atoms with Gasteiger partial charge in [0, 0.05) is 17.7 Å². The van der Waals surface area contributed by atoms with Crippen LogP contribution in [0.5, 0.6) is 0 Å². The number of carbonyl (C=O) groups is 1. The summed E-state index contributed by atoms with van der Waals surface area (Å²) in [6, 6.07) is 11.4. The van der Waals surface area contributed by atoms with Crippen LogP contribution >= 0.6 is 12.2 Å². The van der Waals surface area contributed by atoms with Crippen molar-refractivity contribution in [2.75, 3.05) is 0 Å². The molecule has 1 heterocycles. The topological polar surface area (TPSA) is 106 Å². The lowest BCUT2D eigenvalue weighted by Gasteiger charge is -2.09. The monoisotopic (exact) mass is 383 g/mol. The average molecular weight is 383 g/mol. The summed E-state index contributed by atoms with van der Waals surface area (Å²) in [5.41, 5.74) is 3.32. The SMILES string of the molecule is Cc1ccc(C(=O)NCc2n[nH]c(=S)n2-c2ccc([N+](=O)[O-])cc2)cc1C. The normalized spacial score (nSPS) is 10.6. The largest absolute Gasteiger partial charge is 0.345 e. The molecule has 27 heavy (non-hydrogen) atoms. The van der Waals surface area contributed by atoms with Crippen molar-refractivity contribution in [2.45, 2.75) is 20.4 Å². The van der Waals surface area contributed by atoms with Crippen LogP contribution in [0.15, 0.2) is 42.5 Å². The number of aryl methyl sites for hydroxylation is 2. The molecule has 0 bridgehead atoms. The fraction of sp³-hybridized carbons (Fsp3) is 0.167. The van der Waals surface area contributed by atoms with Gasteiger partial charge in [-0.15, -0.1) is 0 Å². The van der Waals surface area contributed by atoms with Gasteiger partial charge in [-0.2, -0.15) is 5.10 Å². The van der Waals surface area contributed by atoms with Crippen LogP contribution in [0.4, 0.5) is 5.69 Å². The lowest BCUT2D eigenvalue weighted by atomic mass is 10.1. The van der Waals surface area contributed by atoms with Crippen LogP contribution in [-0.2, 0) is 6.54 Å². The van der Waals surface area contributed by atoms with Crippen LogP contribution < -0.4 is 5.32 Å². The summed E-state index contributed by atoms with van der Waals surface area (Å²) < 4.78 is 1.96. The Kier molecular flexibility index (Phi) is 5.13.